The van der Waals surface area contributed by atoms with Crippen LogP contribution in [-0.2, 0) is 0 Å². The molecule has 0 spiro atoms. The van der Waals surface area contributed by atoms with E-state index >= 15 is 0 Å². The van der Waals surface area contributed by atoms with Gasteiger partial charge in [0.05, 0.1) is 17.3 Å². The molecule has 3 heteroatoms. The first-order valence-corrected chi connectivity index (χ1v) is 10.7. The zero-order valence-corrected chi connectivity index (χ0v) is 17.9. The van der Waals surface area contributed by atoms with Crippen LogP contribution in [0.2, 0.25) is 0 Å². The van der Waals surface area contributed by atoms with Crippen molar-refractivity contribution in [3.8, 4) is 17.2 Å². The Labute approximate surface area is 189 Å². The highest BCUT2D eigenvalue weighted by Crippen LogP contribution is 2.40. The lowest BCUT2D eigenvalue weighted by Gasteiger charge is -2.27. The van der Waals surface area contributed by atoms with Crippen LogP contribution in [0.25, 0.3) is 21.9 Å². The lowest BCUT2D eigenvalue weighted by Crippen LogP contribution is -2.12. The van der Waals surface area contributed by atoms with Crippen LogP contribution in [0.15, 0.2) is 115 Å². The Kier molecular flexibility index (Phi) is 5.19. The van der Waals surface area contributed by atoms with E-state index in [4.69, 9.17) is 0 Å². The van der Waals surface area contributed by atoms with Gasteiger partial charge in [-0.3, -0.25) is 0 Å². The Balaban J connectivity index is 1.69. The summed E-state index contributed by atoms with van der Waals surface area (Å²) in [6, 6.07) is 42.0. The van der Waals surface area contributed by atoms with Crippen LogP contribution in [-0.4, -0.2) is 7.85 Å². The van der Waals surface area contributed by atoms with E-state index in [-0.39, 0.29) is 0 Å². The van der Waals surface area contributed by atoms with Gasteiger partial charge in [0, 0.05) is 22.1 Å². The third-order valence-electron chi connectivity index (χ3n) is 5.79. The number of nitriles is 1. The second kappa shape index (κ2) is 8.45. The first-order valence-electron chi connectivity index (χ1n) is 10.7. The van der Waals surface area contributed by atoms with Crippen molar-refractivity contribution in [1.29, 1.82) is 5.26 Å². The number of rotatable bonds is 4. The average molecular weight is 408 g/mol. The van der Waals surface area contributed by atoms with Crippen molar-refractivity contribution in [3.05, 3.63) is 121 Å². The maximum Gasteiger partial charge on any atom is 0.139 e. The number of hydrogen-bond acceptors (Lipinski definition) is 2. The fourth-order valence-electron chi connectivity index (χ4n) is 4.13. The molecule has 0 radical (unpaired) electrons. The van der Waals surface area contributed by atoms with E-state index in [9.17, 15) is 5.26 Å². The zero-order chi connectivity index (χ0) is 21.9. The summed E-state index contributed by atoms with van der Waals surface area (Å²) in [6.07, 6.45) is 0. The first-order chi connectivity index (χ1) is 15.7. The van der Waals surface area contributed by atoms with Crippen molar-refractivity contribution in [1.82, 2.24) is 0 Å². The van der Waals surface area contributed by atoms with Crippen molar-refractivity contribution in [2.45, 2.75) is 0 Å². The number of fused-ring (bicyclic) bond motifs is 1. The van der Waals surface area contributed by atoms with E-state index in [2.05, 4.69) is 97.7 Å². The van der Waals surface area contributed by atoms with Crippen molar-refractivity contribution < 1.29 is 0 Å². The molecule has 0 amide bonds. The smallest absolute Gasteiger partial charge is 0.139 e. The third kappa shape index (κ3) is 3.64. The van der Waals surface area contributed by atoms with Crippen LogP contribution in [0.3, 0.4) is 0 Å². The summed E-state index contributed by atoms with van der Waals surface area (Å²) in [5.74, 6) is 0. The van der Waals surface area contributed by atoms with Gasteiger partial charge in [0.15, 0.2) is 0 Å². The van der Waals surface area contributed by atoms with E-state index in [1.54, 1.807) is 0 Å². The molecule has 0 bridgehead atoms. The molecule has 0 aromatic heterocycles. The highest BCUT2D eigenvalue weighted by atomic mass is 15.1. The molecule has 0 aliphatic rings. The summed E-state index contributed by atoms with van der Waals surface area (Å²) >= 11 is 0. The van der Waals surface area contributed by atoms with Gasteiger partial charge in [-0.2, -0.15) is 5.26 Å². The maximum absolute atomic E-state index is 9.60. The molecule has 2 nitrogen and oxygen atoms in total. The quantitative estimate of drug-likeness (QED) is 0.336. The molecular weight excluding hydrogens is 387 g/mol. The molecule has 0 fully saturated rings. The second-order valence-corrected chi connectivity index (χ2v) is 7.87. The summed E-state index contributed by atoms with van der Waals surface area (Å²) in [5.41, 5.74) is 7.50. The monoisotopic (exact) mass is 408 g/mol. The highest BCUT2D eigenvalue weighted by molar-refractivity contribution is 6.32. The Morgan fingerprint density at radius 1 is 0.562 bits per heavy atom. The predicted octanol–water partition coefficient (Wildman–Crippen LogP) is 6.11. The third-order valence-corrected chi connectivity index (χ3v) is 5.79. The molecule has 0 saturated heterocycles. The van der Waals surface area contributed by atoms with Gasteiger partial charge in [-0.1, -0.05) is 84.3 Å². The summed E-state index contributed by atoms with van der Waals surface area (Å²) < 4.78 is 0. The van der Waals surface area contributed by atoms with E-state index < -0.39 is 0 Å². The van der Waals surface area contributed by atoms with Crippen LogP contribution in [0.1, 0.15) is 5.56 Å². The van der Waals surface area contributed by atoms with Gasteiger partial charge in [0.1, 0.15) is 7.85 Å². The van der Waals surface area contributed by atoms with E-state index in [0.717, 1.165) is 27.8 Å². The molecule has 0 saturated carbocycles. The van der Waals surface area contributed by atoms with Crippen LogP contribution < -0.4 is 10.4 Å². The Hall–Kier alpha value is -4.29. The summed E-state index contributed by atoms with van der Waals surface area (Å²) in [7, 11) is 2.10. The Morgan fingerprint density at radius 2 is 1.12 bits per heavy atom. The molecule has 5 rings (SSSR count). The second-order valence-electron chi connectivity index (χ2n) is 7.87. The minimum absolute atomic E-state index is 0.688. The molecule has 0 aliphatic carbocycles. The number of benzene rings is 5. The predicted molar refractivity (Wildman–Crippen MR) is 137 cm³/mol. The maximum atomic E-state index is 9.60. The minimum atomic E-state index is 0.688. The molecule has 0 N–H and O–H groups in total. The number of nitrogens with zero attached hydrogens (tertiary/aromatic N) is 2. The van der Waals surface area contributed by atoms with E-state index in [1.807, 2.05) is 36.4 Å². The van der Waals surface area contributed by atoms with Crippen molar-refractivity contribution in [2.24, 2.45) is 0 Å². The number of hydrogen-bond donors (Lipinski definition) is 0. The van der Waals surface area contributed by atoms with Gasteiger partial charge >= 0.3 is 0 Å². The summed E-state index contributed by atoms with van der Waals surface area (Å²) in [4.78, 5) is 2.26. The standard InChI is InChI=1S/C29H21BN2/c30-24-13-17-26(18-14-24)32(25-15-10-22(11-16-25)21-6-2-1-3-7-21)29-19-12-23(20-31)27-8-4-5-9-28(27)29/h1-19H,30H2. The van der Waals surface area contributed by atoms with Gasteiger partial charge < -0.3 is 4.90 Å². The minimum Gasteiger partial charge on any atom is -0.310 e. The fraction of sp³-hybridized carbons (Fsp3) is 0. The Morgan fingerprint density at radius 3 is 1.78 bits per heavy atom. The van der Waals surface area contributed by atoms with Crippen LogP contribution in [0.5, 0.6) is 0 Å². The molecular formula is C29H21BN2. The first kappa shape index (κ1) is 19.7. The summed E-state index contributed by atoms with van der Waals surface area (Å²) in [6.45, 7) is 0. The van der Waals surface area contributed by atoms with Gasteiger partial charge in [-0.05, 0) is 47.5 Å². The van der Waals surface area contributed by atoms with Crippen LogP contribution in [0.4, 0.5) is 17.1 Å². The van der Waals surface area contributed by atoms with Gasteiger partial charge in [-0.15, -0.1) is 0 Å². The zero-order valence-electron chi connectivity index (χ0n) is 17.9. The molecule has 0 unspecified atom stereocenters. The molecule has 0 aliphatic heterocycles. The number of anilines is 3. The molecule has 32 heavy (non-hydrogen) atoms. The van der Waals surface area contributed by atoms with Gasteiger partial charge in [0.25, 0.3) is 0 Å². The fourth-order valence-corrected chi connectivity index (χ4v) is 4.13. The largest absolute Gasteiger partial charge is 0.310 e. The lowest BCUT2D eigenvalue weighted by atomic mass is 9.96. The van der Waals surface area contributed by atoms with Crippen molar-refractivity contribution in [2.75, 3.05) is 4.90 Å². The van der Waals surface area contributed by atoms with Gasteiger partial charge in [-0.25, -0.2) is 0 Å². The van der Waals surface area contributed by atoms with Gasteiger partial charge in [0.2, 0.25) is 0 Å². The SMILES string of the molecule is Bc1ccc(N(c2ccc(-c3ccccc3)cc2)c2ccc(C#N)c3ccccc23)cc1. The summed E-state index contributed by atoms with van der Waals surface area (Å²) in [5, 5.41) is 11.6. The molecule has 0 heterocycles. The van der Waals surface area contributed by atoms with Crippen molar-refractivity contribution >= 4 is 41.1 Å². The lowest BCUT2D eigenvalue weighted by molar-refractivity contribution is 1.30. The topological polar surface area (TPSA) is 27.0 Å². The van der Waals surface area contributed by atoms with Crippen LogP contribution >= 0.6 is 0 Å². The van der Waals surface area contributed by atoms with E-state index in [1.165, 1.54) is 16.6 Å². The highest BCUT2D eigenvalue weighted by Gasteiger charge is 2.16. The van der Waals surface area contributed by atoms with Crippen molar-refractivity contribution in [3.63, 3.8) is 0 Å². The van der Waals surface area contributed by atoms with E-state index in [0.29, 0.717) is 5.56 Å². The Bertz CT molecular complexity index is 1420. The molecule has 0 atom stereocenters. The molecule has 5 aromatic rings. The average Bonchev–Trinajstić information content (AvgIpc) is 2.86. The van der Waals surface area contributed by atoms with Crippen LogP contribution in [0, 0.1) is 11.3 Å². The molecule has 5 aromatic carbocycles. The normalized spacial score (nSPS) is 10.6. The molecule has 150 valence electrons.